The molecule has 0 saturated carbocycles. The fourth-order valence-corrected chi connectivity index (χ4v) is 1.26. The van der Waals surface area contributed by atoms with E-state index >= 15 is 0 Å². The van der Waals surface area contributed by atoms with Gasteiger partial charge in [-0.1, -0.05) is 11.6 Å². The summed E-state index contributed by atoms with van der Waals surface area (Å²) in [6, 6.07) is 6.75. The lowest BCUT2D eigenvalue weighted by atomic mass is 10.2. The lowest BCUT2D eigenvalue weighted by molar-refractivity contribution is 0.476. The van der Waals surface area contributed by atoms with Gasteiger partial charge < -0.3 is 5.11 Å². The summed E-state index contributed by atoms with van der Waals surface area (Å²) in [4.78, 5) is 4.08. The molecule has 2 aromatic rings. The quantitative estimate of drug-likeness (QED) is 0.675. The fourth-order valence-electron chi connectivity index (χ4n) is 1.09. The molecule has 0 bridgehead atoms. The zero-order valence-corrected chi connectivity index (χ0v) is 6.92. The van der Waals surface area contributed by atoms with Crippen LogP contribution in [0.3, 0.4) is 0 Å². The molecular formula is C9H6ClNO. The third kappa shape index (κ3) is 1.21. The van der Waals surface area contributed by atoms with Crippen molar-refractivity contribution < 1.29 is 5.11 Å². The van der Waals surface area contributed by atoms with Gasteiger partial charge >= 0.3 is 0 Å². The monoisotopic (exact) mass is 179 g/mol. The Labute approximate surface area is 74.4 Å². The van der Waals surface area contributed by atoms with E-state index in [0.717, 1.165) is 10.9 Å². The smallest absolute Gasteiger partial charge is 0.116 e. The lowest BCUT2D eigenvalue weighted by Gasteiger charge is -1.97. The Morgan fingerprint density at radius 3 is 2.92 bits per heavy atom. The van der Waals surface area contributed by atoms with Crippen molar-refractivity contribution in [3.63, 3.8) is 0 Å². The van der Waals surface area contributed by atoms with Gasteiger partial charge in [-0.3, -0.25) is 4.98 Å². The Morgan fingerprint density at radius 1 is 1.25 bits per heavy atom. The van der Waals surface area contributed by atoms with Gasteiger partial charge in [0, 0.05) is 11.6 Å². The van der Waals surface area contributed by atoms with Crippen LogP contribution in [0.4, 0.5) is 0 Å². The van der Waals surface area contributed by atoms with Gasteiger partial charge in [0.15, 0.2) is 0 Å². The SMILES string of the molecule is Oc1ccc2ncc(Cl)cc2c1. The standard InChI is InChI=1S/C9H6ClNO/c10-7-3-6-4-8(12)1-2-9(6)11-5-7/h1-5,12H. The Bertz CT molecular complexity index is 391. The highest BCUT2D eigenvalue weighted by Gasteiger charge is 1.96. The van der Waals surface area contributed by atoms with Crippen LogP contribution in [0.15, 0.2) is 30.5 Å². The van der Waals surface area contributed by atoms with Gasteiger partial charge in [-0.05, 0) is 24.3 Å². The highest BCUT2D eigenvalue weighted by molar-refractivity contribution is 6.31. The van der Waals surface area contributed by atoms with Crippen LogP contribution in [-0.2, 0) is 0 Å². The minimum atomic E-state index is 0.228. The Kier molecular flexibility index (Phi) is 1.62. The molecule has 2 rings (SSSR count). The van der Waals surface area contributed by atoms with E-state index in [0.29, 0.717) is 5.02 Å². The van der Waals surface area contributed by atoms with E-state index in [1.54, 1.807) is 30.5 Å². The maximum Gasteiger partial charge on any atom is 0.116 e. The molecule has 3 heteroatoms. The molecule has 0 saturated heterocycles. The van der Waals surface area contributed by atoms with Crippen molar-refractivity contribution in [2.75, 3.05) is 0 Å². The molecule has 0 atom stereocenters. The predicted molar refractivity (Wildman–Crippen MR) is 48.4 cm³/mol. The molecule has 0 unspecified atom stereocenters. The van der Waals surface area contributed by atoms with Crippen LogP contribution >= 0.6 is 11.6 Å². The van der Waals surface area contributed by atoms with E-state index in [-0.39, 0.29) is 5.75 Å². The van der Waals surface area contributed by atoms with Crippen LogP contribution in [0.25, 0.3) is 10.9 Å². The molecule has 1 heterocycles. The maximum absolute atomic E-state index is 9.15. The predicted octanol–water partition coefficient (Wildman–Crippen LogP) is 2.59. The molecule has 0 radical (unpaired) electrons. The highest BCUT2D eigenvalue weighted by atomic mass is 35.5. The molecule has 1 N–H and O–H groups in total. The van der Waals surface area contributed by atoms with Gasteiger partial charge in [-0.15, -0.1) is 0 Å². The fraction of sp³-hybridized carbons (Fsp3) is 0. The molecule has 60 valence electrons. The topological polar surface area (TPSA) is 33.1 Å². The zero-order valence-electron chi connectivity index (χ0n) is 6.16. The largest absolute Gasteiger partial charge is 0.508 e. The second-order valence-corrected chi connectivity index (χ2v) is 2.97. The Morgan fingerprint density at radius 2 is 2.08 bits per heavy atom. The Balaban J connectivity index is 2.80. The second kappa shape index (κ2) is 2.64. The van der Waals surface area contributed by atoms with Crippen molar-refractivity contribution >= 4 is 22.5 Å². The van der Waals surface area contributed by atoms with Crippen molar-refractivity contribution in [2.24, 2.45) is 0 Å². The zero-order chi connectivity index (χ0) is 8.55. The van der Waals surface area contributed by atoms with E-state index < -0.39 is 0 Å². The molecular weight excluding hydrogens is 174 g/mol. The molecule has 12 heavy (non-hydrogen) atoms. The number of benzene rings is 1. The molecule has 1 aromatic carbocycles. The van der Waals surface area contributed by atoms with Crippen molar-refractivity contribution in [2.45, 2.75) is 0 Å². The van der Waals surface area contributed by atoms with Crippen LogP contribution in [0.1, 0.15) is 0 Å². The molecule has 0 amide bonds. The van der Waals surface area contributed by atoms with Gasteiger partial charge in [0.05, 0.1) is 10.5 Å². The average molecular weight is 180 g/mol. The van der Waals surface area contributed by atoms with Crippen LogP contribution in [0.2, 0.25) is 5.02 Å². The van der Waals surface area contributed by atoms with Crippen LogP contribution in [0.5, 0.6) is 5.75 Å². The van der Waals surface area contributed by atoms with Gasteiger partial charge in [-0.25, -0.2) is 0 Å². The van der Waals surface area contributed by atoms with Crippen LogP contribution < -0.4 is 0 Å². The minimum Gasteiger partial charge on any atom is -0.508 e. The number of hydrogen-bond acceptors (Lipinski definition) is 2. The van der Waals surface area contributed by atoms with Gasteiger partial charge in [-0.2, -0.15) is 0 Å². The van der Waals surface area contributed by atoms with Crippen molar-refractivity contribution in [1.29, 1.82) is 0 Å². The maximum atomic E-state index is 9.15. The third-order valence-corrected chi connectivity index (χ3v) is 1.84. The summed E-state index contributed by atoms with van der Waals surface area (Å²) in [5.41, 5.74) is 0.831. The summed E-state index contributed by atoms with van der Waals surface area (Å²) in [5.74, 6) is 0.228. The number of phenolic OH excluding ortho intramolecular Hbond substituents is 1. The third-order valence-electron chi connectivity index (χ3n) is 1.63. The number of fused-ring (bicyclic) bond motifs is 1. The summed E-state index contributed by atoms with van der Waals surface area (Å²) in [7, 11) is 0. The average Bonchev–Trinajstić information content (AvgIpc) is 2.03. The number of rotatable bonds is 0. The van der Waals surface area contributed by atoms with E-state index in [1.165, 1.54) is 0 Å². The molecule has 0 fully saturated rings. The minimum absolute atomic E-state index is 0.228. The van der Waals surface area contributed by atoms with Crippen LogP contribution in [0, 0.1) is 0 Å². The first-order valence-electron chi connectivity index (χ1n) is 3.50. The number of nitrogens with zero attached hydrogens (tertiary/aromatic N) is 1. The number of aromatic hydroxyl groups is 1. The first-order chi connectivity index (χ1) is 5.75. The second-order valence-electron chi connectivity index (χ2n) is 2.53. The van der Waals surface area contributed by atoms with E-state index in [4.69, 9.17) is 16.7 Å². The highest BCUT2D eigenvalue weighted by Crippen LogP contribution is 2.20. The molecule has 0 spiro atoms. The number of pyridine rings is 1. The van der Waals surface area contributed by atoms with Crippen LogP contribution in [-0.4, -0.2) is 10.1 Å². The van der Waals surface area contributed by atoms with Crippen molar-refractivity contribution in [3.8, 4) is 5.75 Å². The van der Waals surface area contributed by atoms with Gasteiger partial charge in [0.1, 0.15) is 5.75 Å². The number of halogens is 1. The number of aromatic nitrogens is 1. The molecule has 2 nitrogen and oxygen atoms in total. The summed E-state index contributed by atoms with van der Waals surface area (Å²) < 4.78 is 0. The van der Waals surface area contributed by atoms with Crippen molar-refractivity contribution in [1.82, 2.24) is 4.98 Å². The summed E-state index contributed by atoms with van der Waals surface area (Å²) in [6.45, 7) is 0. The summed E-state index contributed by atoms with van der Waals surface area (Å²) >= 11 is 5.73. The Hall–Kier alpha value is -1.28. The number of phenols is 1. The molecule has 0 aliphatic rings. The first kappa shape index (κ1) is 7.37. The van der Waals surface area contributed by atoms with E-state index in [9.17, 15) is 0 Å². The lowest BCUT2D eigenvalue weighted by Crippen LogP contribution is -1.77. The molecule has 0 aliphatic carbocycles. The first-order valence-corrected chi connectivity index (χ1v) is 3.88. The van der Waals surface area contributed by atoms with Gasteiger partial charge in [0.2, 0.25) is 0 Å². The summed E-state index contributed by atoms with van der Waals surface area (Å²) in [6.07, 6.45) is 1.58. The van der Waals surface area contributed by atoms with E-state index in [2.05, 4.69) is 4.98 Å². The molecule has 1 aromatic heterocycles. The normalized spacial score (nSPS) is 10.4. The van der Waals surface area contributed by atoms with E-state index in [1.807, 2.05) is 0 Å². The summed E-state index contributed by atoms with van der Waals surface area (Å²) in [5, 5.41) is 10.6. The number of hydrogen-bond donors (Lipinski definition) is 1. The van der Waals surface area contributed by atoms with Gasteiger partial charge in [0.25, 0.3) is 0 Å². The molecule has 0 aliphatic heterocycles. The van der Waals surface area contributed by atoms with Crippen molar-refractivity contribution in [3.05, 3.63) is 35.5 Å².